The summed E-state index contributed by atoms with van der Waals surface area (Å²) in [5.74, 6) is -3.96. The monoisotopic (exact) mass is 1100 g/mol. The molecular weight excluding hydrogens is 1030 g/mol. The van der Waals surface area contributed by atoms with Crippen molar-refractivity contribution in [2.24, 2.45) is 5.92 Å². The van der Waals surface area contributed by atoms with Crippen LogP contribution in [0.3, 0.4) is 0 Å². The summed E-state index contributed by atoms with van der Waals surface area (Å²) in [6, 6.07) is 17.3. The Morgan fingerprint density at radius 2 is 1.44 bits per heavy atom. The number of halogens is 1. The Labute approximate surface area is 453 Å². The number of benzene rings is 3. The van der Waals surface area contributed by atoms with Crippen molar-refractivity contribution in [3.63, 3.8) is 0 Å². The first-order valence-corrected chi connectivity index (χ1v) is 27.0. The Morgan fingerprint density at radius 1 is 0.795 bits per heavy atom. The zero-order chi connectivity index (χ0) is 57.7. The number of rotatable bonds is 21. The molecule has 0 aliphatic heterocycles. The number of ether oxygens (including phenoxy) is 5. The minimum Gasteiger partial charge on any atom is -0.495 e. The van der Waals surface area contributed by atoms with Gasteiger partial charge in [-0.25, -0.2) is 41.4 Å². The van der Waals surface area contributed by atoms with Crippen molar-refractivity contribution >= 4 is 68.9 Å². The van der Waals surface area contributed by atoms with Crippen LogP contribution >= 0.6 is 0 Å². The fourth-order valence-electron chi connectivity index (χ4n) is 7.45. The third-order valence-electron chi connectivity index (χ3n) is 11.4. The van der Waals surface area contributed by atoms with E-state index in [4.69, 9.17) is 23.7 Å². The van der Waals surface area contributed by atoms with E-state index in [2.05, 4.69) is 31.3 Å². The molecule has 0 bridgehead atoms. The maximum absolute atomic E-state index is 14.6. The minimum absolute atomic E-state index is 0.0561. The zero-order valence-corrected chi connectivity index (χ0v) is 46.7. The Bertz CT molecular complexity index is 3080. The summed E-state index contributed by atoms with van der Waals surface area (Å²) in [5.41, 5.74) is 1.17. The Kier molecular flexibility index (Phi) is 20.5. The van der Waals surface area contributed by atoms with Crippen molar-refractivity contribution in [2.75, 3.05) is 30.1 Å². The van der Waals surface area contributed by atoms with E-state index in [1.54, 1.807) is 124 Å². The number of fused-ring (bicyclic) bond motifs is 1. The molecule has 0 fully saturated rings. The Morgan fingerprint density at radius 3 is 2.04 bits per heavy atom. The summed E-state index contributed by atoms with van der Waals surface area (Å²) >= 11 is 0. The van der Waals surface area contributed by atoms with Crippen LogP contribution in [-0.2, 0) is 43.2 Å². The zero-order valence-electron chi connectivity index (χ0n) is 45.8. The first kappa shape index (κ1) is 60.8. The third kappa shape index (κ3) is 17.7. The molecular formula is C55H69FN8O13S. The van der Waals surface area contributed by atoms with Crippen molar-refractivity contribution in [1.82, 2.24) is 30.5 Å². The maximum Gasteiger partial charge on any atom is 0.424 e. The molecule has 0 saturated heterocycles. The van der Waals surface area contributed by atoms with E-state index in [1.165, 1.54) is 54.1 Å². The topological polar surface area (TPSA) is 264 Å². The molecule has 78 heavy (non-hydrogen) atoms. The molecule has 0 aliphatic carbocycles. The van der Waals surface area contributed by atoms with E-state index in [0.29, 0.717) is 29.7 Å². The van der Waals surface area contributed by atoms with Gasteiger partial charge in [0.2, 0.25) is 11.8 Å². The van der Waals surface area contributed by atoms with Crippen LogP contribution in [0.25, 0.3) is 16.8 Å². The highest BCUT2D eigenvalue weighted by atomic mass is 32.2. The van der Waals surface area contributed by atoms with Crippen LogP contribution in [0.1, 0.15) is 100.0 Å². The van der Waals surface area contributed by atoms with E-state index >= 15 is 0 Å². The Hall–Kier alpha value is -8.08. The lowest BCUT2D eigenvalue weighted by Crippen LogP contribution is -2.54. The number of aromatic nitrogens is 3. The van der Waals surface area contributed by atoms with Gasteiger partial charge in [0, 0.05) is 36.3 Å². The highest BCUT2D eigenvalue weighted by Gasteiger charge is 2.35. The van der Waals surface area contributed by atoms with Gasteiger partial charge >= 0.3 is 24.2 Å². The predicted molar refractivity (Wildman–Crippen MR) is 289 cm³/mol. The van der Waals surface area contributed by atoms with Crippen LogP contribution in [0.15, 0.2) is 102 Å². The quantitative estimate of drug-likeness (QED) is 0.0175. The fourth-order valence-corrected chi connectivity index (χ4v) is 8.08. The van der Waals surface area contributed by atoms with Crippen molar-refractivity contribution in [1.29, 1.82) is 0 Å². The molecule has 5 rings (SSSR count). The van der Waals surface area contributed by atoms with E-state index in [-0.39, 0.29) is 46.8 Å². The van der Waals surface area contributed by atoms with E-state index in [1.807, 2.05) is 0 Å². The minimum atomic E-state index is -3.76. The molecule has 5 amide bonds. The average molecular weight is 1100 g/mol. The molecule has 0 spiro atoms. The van der Waals surface area contributed by atoms with Gasteiger partial charge < -0.3 is 45.0 Å². The van der Waals surface area contributed by atoms with Crippen molar-refractivity contribution in [2.45, 2.75) is 129 Å². The molecule has 3 aromatic carbocycles. The molecule has 5 aromatic rings. The third-order valence-corrected chi connectivity index (χ3v) is 12.5. The van der Waals surface area contributed by atoms with Gasteiger partial charge in [0.15, 0.2) is 15.5 Å². The SMILES string of the molecule is CC=CC(OC(=O)C(NC(=O)C(CCCCNC(=O)OC(C)(C)C)NC(=O)OC(C)(C)C)C(C)C)OC(=O)N(c1nc2ccc(-c3ccc(NC(=O)C(C)c4ccc(F)cc4)cc3)cn2n1)c1ccc(S(C)(=O)=O)cc1OC. The van der Waals surface area contributed by atoms with Gasteiger partial charge in [0.1, 0.15) is 34.9 Å². The molecule has 0 aliphatic rings. The van der Waals surface area contributed by atoms with Crippen LogP contribution in [0, 0.1) is 11.7 Å². The summed E-state index contributed by atoms with van der Waals surface area (Å²) in [4.78, 5) is 86.1. The molecule has 2 heterocycles. The second-order valence-electron chi connectivity index (χ2n) is 20.5. The van der Waals surface area contributed by atoms with Crippen molar-refractivity contribution in [3.05, 3.63) is 109 Å². The highest BCUT2D eigenvalue weighted by Crippen LogP contribution is 2.36. The number of alkyl carbamates (subject to hydrolysis) is 2. The van der Waals surface area contributed by atoms with Gasteiger partial charge in [0.05, 0.1) is 23.6 Å². The van der Waals surface area contributed by atoms with Crippen LogP contribution in [0.4, 0.5) is 36.1 Å². The van der Waals surface area contributed by atoms with Crippen LogP contribution < -0.4 is 30.9 Å². The largest absolute Gasteiger partial charge is 0.495 e. The molecule has 4 unspecified atom stereocenters. The number of nitrogens with one attached hydrogen (secondary N) is 4. The van der Waals surface area contributed by atoms with Crippen LogP contribution in [-0.4, -0.2) is 109 Å². The van der Waals surface area contributed by atoms with Crippen molar-refractivity contribution in [3.8, 4) is 16.9 Å². The second-order valence-corrected chi connectivity index (χ2v) is 22.5. The lowest BCUT2D eigenvalue weighted by molar-refractivity contribution is -0.165. The molecule has 4 atom stereocenters. The molecule has 23 heteroatoms. The number of carbonyl (C=O) groups excluding carboxylic acids is 6. The summed E-state index contributed by atoms with van der Waals surface area (Å²) in [5, 5.41) is 15.4. The van der Waals surface area contributed by atoms with E-state index < -0.39 is 87.2 Å². The van der Waals surface area contributed by atoms with Gasteiger partial charge in [-0.1, -0.05) is 44.2 Å². The molecule has 0 saturated carbocycles. The van der Waals surface area contributed by atoms with E-state index in [9.17, 15) is 41.6 Å². The highest BCUT2D eigenvalue weighted by molar-refractivity contribution is 7.90. The average Bonchev–Trinajstić information content (AvgIpc) is 3.85. The first-order valence-electron chi connectivity index (χ1n) is 25.1. The maximum atomic E-state index is 14.6. The van der Waals surface area contributed by atoms with Crippen LogP contribution in [0.5, 0.6) is 5.75 Å². The predicted octanol–water partition coefficient (Wildman–Crippen LogP) is 9.14. The number of unbranched alkanes of at least 4 members (excludes halogenated alkanes) is 1. The lowest BCUT2D eigenvalue weighted by Gasteiger charge is -2.27. The van der Waals surface area contributed by atoms with Gasteiger partial charge in [0.25, 0.3) is 12.2 Å². The van der Waals surface area contributed by atoms with Gasteiger partial charge in [-0.3, -0.25) is 9.59 Å². The summed E-state index contributed by atoms with van der Waals surface area (Å²) in [6.45, 7) is 17.0. The molecule has 420 valence electrons. The molecule has 2 aromatic heterocycles. The number of pyridine rings is 1. The molecule has 4 N–H and O–H groups in total. The summed E-state index contributed by atoms with van der Waals surface area (Å²) in [7, 11) is -2.49. The number of carbonyl (C=O) groups is 6. The number of hydrogen-bond acceptors (Lipinski definition) is 15. The smallest absolute Gasteiger partial charge is 0.424 e. The molecule has 21 nitrogen and oxygen atoms in total. The fraction of sp³-hybridized carbons (Fsp3) is 0.418. The normalized spacial score (nSPS) is 13.4. The summed E-state index contributed by atoms with van der Waals surface area (Å²) < 4.78 is 68.0. The van der Waals surface area contributed by atoms with Crippen LogP contribution in [0.2, 0.25) is 0 Å². The summed E-state index contributed by atoms with van der Waals surface area (Å²) in [6.07, 6.45) is 1.78. The number of amides is 5. The van der Waals surface area contributed by atoms with Crippen molar-refractivity contribution < 1.29 is 65.3 Å². The number of hydrogen-bond donors (Lipinski definition) is 4. The number of anilines is 3. The van der Waals surface area contributed by atoms with Gasteiger partial charge in [-0.2, -0.15) is 4.98 Å². The number of methoxy groups -OCH3 is 1. The first-order chi connectivity index (χ1) is 36.5. The number of sulfone groups is 1. The number of esters is 1. The number of allylic oxidation sites excluding steroid dienone is 1. The van der Waals surface area contributed by atoms with Gasteiger partial charge in [-0.05, 0) is 146 Å². The van der Waals surface area contributed by atoms with Gasteiger partial charge in [-0.15, -0.1) is 5.10 Å². The lowest BCUT2D eigenvalue weighted by atomic mass is 10.00. The standard InChI is InChI=1S/C55H69FN8O13S/c1-13-16-45(74-49(67)46(33(2)3)61-48(66)41(59-52(69)77-55(8,9)10)17-14-15-30-57-51(68)76-54(5,6)7)75-53(70)64(42-28-27-40(78(12,71)72)31-43(42)73-11)50-60-44-29-22-37(32-63(44)62-50)36-20-25-39(26-21-36)58-47(65)34(4)35-18-23-38(56)24-19-35/h13,16,18-29,31-34,41,45-46H,14-15,17,30H2,1-12H3,(H,57,68)(H,58,65)(H,59,69)(H,61,66). The molecule has 0 radical (unpaired) electrons. The second kappa shape index (κ2) is 26.3. The Balaban J connectivity index is 1.38. The number of nitrogens with zero attached hydrogens (tertiary/aromatic N) is 4. The van der Waals surface area contributed by atoms with E-state index in [0.717, 1.165) is 16.7 Å².